The Labute approximate surface area is 200 Å². The first-order valence-corrected chi connectivity index (χ1v) is 12.8. The molecule has 4 nitrogen and oxygen atoms in total. The average molecular weight is 451 g/mol. The van der Waals surface area contributed by atoms with Crippen LogP contribution in [0.2, 0.25) is 0 Å². The number of aliphatic hydroxyl groups is 1. The summed E-state index contributed by atoms with van der Waals surface area (Å²) in [4.78, 5) is 4.97. The van der Waals surface area contributed by atoms with Gasteiger partial charge < -0.3 is 9.84 Å². The number of nitrogens with zero attached hydrogens (tertiary/aromatic N) is 2. The van der Waals surface area contributed by atoms with E-state index < -0.39 is 6.10 Å². The Balaban J connectivity index is 1.28. The van der Waals surface area contributed by atoms with E-state index in [1.54, 1.807) is 0 Å². The minimum Gasteiger partial charge on any atom is -0.389 e. The molecular formula is C29H42N2O2. The molecule has 0 spiro atoms. The fraction of sp³-hybridized carbons (Fsp3) is 0.586. The quantitative estimate of drug-likeness (QED) is 0.615. The van der Waals surface area contributed by atoms with E-state index in [0.29, 0.717) is 24.5 Å². The topological polar surface area (TPSA) is 35.9 Å². The third-order valence-corrected chi connectivity index (χ3v) is 7.34. The van der Waals surface area contributed by atoms with Crippen molar-refractivity contribution in [1.29, 1.82) is 0 Å². The van der Waals surface area contributed by atoms with Gasteiger partial charge in [0.1, 0.15) is 0 Å². The molecule has 2 aromatic carbocycles. The predicted octanol–water partition coefficient (Wildman–Crippen LogP) is 4.99. The fourth-order valence-electron chi connectivity index (χ4n) is 6.07. The van der Waals surface area contributed by atoms with Gasteiger partial charge in [0.15, 0.2) is 0 Å². The minimum atomic E-state index is -0.420. The Kier molecular flexibility index (Phi) is 8.24. The molecule has 1 aliphatic heterocycles. The number of ether oxygens (including phenoxy) is 1. The van der Waals surface area contributed by atoms with Crippen LogP contribution in [0.3, 0.4) is 0 Å². The van der Waals surface area contributed by atoms with E-state index in [1.807, 2.05) is 0 Å². The SMILES string of the molecule is C[C@@H]1C[C@@H](OC[C@@H](O)CN2CCN(C(c3ccccc3)c3ccccc3)CC2)CC(C)(C)C1. The van der Waals surface area contributed by atoms with Crippen LogP contribution in [0, 0.1) is 11.3 Å². The van der Waals surface area contributed by atoms with Gasteiger partial charge in [-0.25, -0.2) is 0 Å². The van der Waals surface area contributed by atoms with Crippen molar-refractivity contribution in [3.8, 4) is 0 Å². The van der Waals surface area contributed by atoms with Crippen molar-refractivity contribution < 1.29 is 9.84 Å². The van der Waals surface area contributed by atoms with Crippen LogP contribution in [-0.4, -0.2) is 66.4 Å². The Morgan fingerprint density at radius 3 is 2.03 bits per heavy atom. The standard InChI is InChI=1S/C29H42N2O2/c1-23-18-27(20-29(2,3)19-23)33-22-26(32)21-30-14-16-31(17-15-30)28(24-10-6-4-7-11-24)25-12-8-5-9-13-25/h4-13,23,26-28,32H,14-22H2,1-3H3/t23-,26+,27-/m1/s1. The smallest absolute Gasteiger partial charge is 0.0900 e. The summed E-state index contributed by atoms with van der Waals surface area (Å²) in [5.41, 5.74) is 3.03. The van der Waals surface area contributed by atoms with Gasteiger partial charge in [-0.3, -0.25) is 9.80 Å². The lowest BCUT2D eigenvalue weighted by molar-refractivity contribution is -0.0636. The van der Waals surface area contributed by atoms with Crippen molar-refractivity contribution in [2.45, 2.75) is 58.3 Å². The molecule has 4 rings (SSSR count). The van der Waals surface area contributed by atoms with Crippen molar-refractivity contribution in [3.05, 3.63) is 71.8 Å². The van der Waals surface area contributed by atoms with Gasteiger partial charge in [-0.2, -0.15) is 0 Å². The van der Waals surface area contributed by atoms with Crippen LogP contribution < -0.4 is 0 Å². The second-order valence-corrected chi connectivity index (χ2v) is 11.1. The van der Waals surface area contributed by atoms with Gasteiger partial charge in [0.2, 0.25) is 0 Å². The highest BCUT2D eigenvalue weighted by Crippen LogP contribution is 2.39. The van der Waals surface area contributed by atoms with E-state index in [9.17, 15) is 5.11 Å². The van der Waals surface area contributed by atoms with Crippen LogP contribution in [0.15, 0.2) is 60.7 Å². The zero-order valence-corrected chi connectivity index (χ0v) is 20.7. The number of hydrogen-bond acceptors (Lipinski definition) is 4. The van der Waals surface area contributed by atoms with Gasteiger partial charge in [0.25, 0.3) is 0 Å². The summed E-state index contributed by atoms with van der Waals surface area (Å²) in [7, 11) is 0. The molecule has 0 amide bonds. The molecule has 1 N–H and O–H groups in total. The van der Waals surface area contributed by atoms with Gasteiger partial charge in [-0.05, 0) is 41.7 Å². The Morgan fingerprint density at radius 2 is 1.48 bits per heavy atom. The molecule has 1 aliphatic carbocycles. The maximum absolute atomic E-state index is 10.7. The number of piperazine rings is 1. The van der Waals surface area contributed by atoms with E-state index in [-0.39, 0.29) is 12.1 Å². The third kappa shape index (κ3) is 6.89. The highest BCUT2D eigenvalue weighted by atomic mass is 16.5. The third-order valence-electron chi connectivity index (χ3n) is 7.34. The van der Waals surface area contributed by atoms with Crippen LogP contribution in [0.5, 0.6) is 0 Å². The predicted molar refractivity (Wildman–Crippen MR) is 135 cm³/mol. The molecule has 0 radical (unpaired) electrons. The Morgan fingerprint density at radius 1 is 0.909 bits per heavy atom. The van der Waals surface area contributed by atoms with Crippen molar-refractivity contribution >= 4 is 0 Å². The molecule has 0 unspecified atom stereocenters. The minimum absolute atomic E-state index is 0.277. The molecule has 33 heavy (non-hydrogen) atoms. The van der Waals surface area contributed by atoms with E-state index in [1.165, 1.54) is 17.5 Å². The summed E-state index contributed by atoms with van der Waals surface area (Å²) in [5.74, 6) is 0.700. The van der Waals surface area contributed by atoms with Crippen LogP contribution in [0.25, 0.3) is 0 Å². The van der Waals surface area contributed by atoms with Crippen molar-refractivity contribution in [2.24, 2.45) is 11.3 Å². The zero-order valence-electron chi connectivity index (χ0n) is 20.7. The normalized spacial score (nSPS) is 25.2. The number of hydrogen-bond donors (Lipinski definition) is 1. The Bertz CT molecular complexity index is 794. The number of aliphatic hydroxyl groups excluding tert-OH is 1. The second kappa shape index (κ2) is 11.1. The van der Waals surface area contributed by atoms with Gasteiger partial charge in [-0.1, -0.05) is 81.4 Å². The molecule has 180 valence electrons. The largest absolute Gasteiger partial charge is 0.389 e. The maximum Gasteiger partial charge on any atom is 0.0900 e. The lowest BCUT2D eigenvalue weighted by Crippen LogP contribution is -2.50. The van der Waals surface area contributed by atoms with Crippen LogP contribution >= 0.6 is 0 Å². The highest BCUT2D eigenvalue weighted by Gasteiger charge is 2.33. The fourth-order valence-corrected chi connectivity index (χ4v) is 6.07. The summed E-state index contributed by atoms with van der Waals surface area (Å²) >= 11 is 0. The van der Waals surface area contributed by atoms with E-state index in [2.05, 4.69) is 91.2 Å². The highest BCUT2D eigenvalue weighted by molar-refractivity contribution is 5.31. The van der Waals surface area contributed by atoms with E-state index in [0.717, 1.165) is 39.0 Å². The van der Waals surface area contributed by atoms with Gasteiger partial charge in [-0.15, -0.1) is 0 Å². The maximum atomic E-state index is 10.7. The first-order valence-electron chi connectivity index (χ1n) is 12.8. The molecule has 2 aromatic rings. The summed E-state index contributed by atoms with van der Waals surface area (Å²) in [6.45, 7) is 12.1. The first kappa shape index (κ1) is 24.4. The number of benzene rings is 2. The molecule has 4 heteroatoms. The Hall–Kier alpha value is -1.72. The van der Waals surface area contributed by atoms with Crippen molar-refractivity contribution in [3.63, 3.8) is 0 Å². The molecule has 1 saturated carbocycles. The summed E-state index contributed by atoms with van der Waals surface area (Å²) < 4.78 is 6.18. The molecule has 2 fully saturated rings. The number of rotatable bonds is 8. The van der Waals surface area contributed by atoms with Gasteiger partial charge in [0, 0.05) is 32.7 Å². The van der Waals surface area contributed by atoms with Gasteiger partial charge in [0.05, 0.1) is 24.9 Å². The first-order chi connectivity index (χ1) is 15.9. The molecular weight excluding hydrogens is 408 g/mol. The molecule has 0 aromatic heterocycles. The lowest BCUT2D eigenvalue weighted by Gasteiger charge is -2.41. The summed E-state index contributed by atoms with van der Waals surface area (Å²) in [6, 6.07) is 21.9. The summed E-state index contributed by atoms with van der Waals surface area (Å²) in [5, 5.41) is 10.7. The van der Waals surface area contributed by atoms with Crippen molar-refractivity contribution in [2.75, 3.05) is 39.3 Å². The van der Waals surface area contributed by atoms with Crippen LogP contribution in [-0.2, 0) is 4.74 Å². The van der Waals surface area contributed by atoms with Crippen molar-refractivity contribution in [1.82, 2.24) is 9.80 Å². The molecule has 2 aliphatic rings. The van der Waals surface area contributed by atoms with E-state index >= 15 is 0 Å². The monoisotopic (exact) mass is 450 g/mol. The second-order valence-electron chi connectivity index (χ2n) is 11.1. The zero-order chi connectivity index (χ0) is 23.3. The summed E-state index contributed by atoms with van der Waals surface area (Å²) in [6.07, 6.45) is 3.36. The van der Waals surface area contributed by atoms with Gasteiger partial charge >= 0.3 is 0 Å². The number of β-amino-alcohol motifs (C(OH)–C–C–N with tert-alkyl or cyclic N) is 1. The molecule has 1 heterocycles. The molecule has 0 bridgehead atoms. The lowest BCUT2D eigenvalue weighted by atomic mass is 9.71. The van der Waals surface area contributed by atoms with Crippen LogP contribution in [0.1, 0.15) is 57.2 Å². The van der Waals surface area contributed by atoms with E-state index in [4.69, 9.17) is 4.74 Å². The molecule has 1 saturated heterocycles. The molecule has 3 atom stereocenters. The van der Waals surface area contributed by atoms with Crippen LogP contribution in [0.4, 0.5) is 0 Å². The average Bonchev–Trinajstić information content (AvgIpc) is 2.79.